The van der Waals surface area contributed by atoms with Gasteiger partial charge in [-0.2, -0.15) is 13.2 Å². The Morgan fingerprint density at radius 1 is 1.38 bits per heavy atom. The van der Waals surface area contributed by atoms with Crippen molar-refractivity contribution in [2.24, 2.45) is 0 Å². The molecular formula is C11H8BrF3O. The molecule has 0 spiro atoms. The van der Waals surface area contributed by atoms with Crippen LogP contribution in [0.25, 0.3) is 0 Å². The van der Waals surface area contributed by atoms with Crippen LogP contribution in [0.2, 0.25) is 0 Å². The van der Waals surface area contributed by atoms with Crippen molar-refractivity contribution in [3.63, 3.8) is 0 Å². The van der Waals surface area contributed by atoms with Crippen LogP contribution < -0.4 is 0 Å². The van der Waals surface area contributed by atoms with Crippen LogP contribution in [0.5, 0.6) is 0 Å². The van der Waals surface area contributed by atoms with Gasteiger partial charge in [0.1, 0.15) is 0 Å². The fourth-order valence-electron chi connectivity index (χ4n) is 1.14. The van der Waals surface area contributed by atoms with Crippen LogP contribution in [0, 0.1) is 0 Å². The van der Waals surface area contributed by atoms with Gasteiger partial charge in [0.15, 0.2) is 5.78 Å². The molecule has 0 saturated carbocycles. The maximum Gasteiger partial charge on any atom is 0.417 e. The number of hydrogen-bond acceptors (Lipinski definition) is 1. The molecule has 86 valence electrons. The molecule has 0 aliphatic heterocycles. The Kier molecular flexibility index (Phi) is 3.91. The van der Waals surface area contributed by atoms with Gasteiger partial charge in [0.05, 0.1) is 5.56 Å². The van der Waals surface area contributed by atoms with Crippen molar-refractivity contribution in [1.82, 2.24) is 0 Å². The Morgan fingerprint density at radius 2 is 2.00 bits per heavy atom. The fraction of sp³-hybridized carbons (Fsp3) is 0.182. The minimum atomic E-state index is -4.47. The van der Waals surface area contributed by atoms with Gasteiger partial charge in [0.2, 0.25) is 0 Å². The molecule has 1 nitrogen and oxygen atoms in total. The zero-order chi connectivity index (χ0) is 12.3. The number of rotatable bonds is 2. The van der Waals surface area contributed by atoms with E-state index in [-0.39, 0.29) is 10.0 Å². The molecule has 0 aliphatic carbocycles. The standard InChI is InChI=1S/C11H8BrF3O/c1-2-3-10(16)7-4-5-9(12)8(6-7)11(13,14)15/h2-6H,1H3/b3-2+. The van der Waals surface area contributed by atoms with Gasteiger partial charge in [-0.15, -0.1) is 0 Å². The van der Waals surface area contributed by atoms with Crippen LogP contribution in [0.15, 0.2) is 34.8 Å². The predicted molar refractivity (Wildman–Crippen MR) is 58.3 cm³/mol. The Bertz CT molecular complexity index is 435. The summed E-state index contributed by atoms with van der Waals surface area (Å²) in [5, 5.41) is 0. The molecule has 0 fully saturated rings. The first-order chi connectivity index (χ1) is 7.36. The van der Waals surface area contributed by atoms with E-state index >= 15 is 0 Å². The minimum absolute atomic E-state index is 0.0219. The molecule has 0 aromatic heterocycles. The van der Waals surface area contributed by atoms with Gasteiger partial charge in [-0.25, -0.2) is 0 Å². The smallest absolute Gasteiger partial charge is 0.289 e. The lowest BCUT2D eigenvalue weighted by molar-refractivity contribution is -0.138. The first-order valence-corrected chi connectivity index (χ1v) is 5.19. The lowest BCUT2D eigenvalue weighted by Crippen LogP contribution is -2.08. The molecule has 0 amide bonds. The maximum atomic E-state index is 12.5. The van der Waals surface area contributed by atoms with Gasteiger partial charge in [0.25, 0.3) is 0 Å². The second-order valence-electron chi connectivity index (χ2n) is 3.06. The SMILES string of the molecule is C/C=C/C(=O)c1ccc(Br)c(C(F)(F)F)c1. The zero-order valence-electron chi connectivity index (χ0n) is 8.31. The lowest BCUT2D eigenvalue weighted by Gasteiger charge is -2.09. The maximum absolute atomic E-state index is 12.5. The molecule has 1 aromatic carbocycles. The highest BCUT2D eigenvalue weighted by Crippen LogP contribution is 2.35. The molecule has 16 heavy (non-hydrogen) atoms. The van der Waals surface area contributed by atoms with Crippen molar-refractivity contribution in [2.45, 2.75) is 13.1 Å². The highest BCUT2D eigenvalue weighted by atomic mass is 79.9. The third-order valence-electron chi connectivity index (χ3n) is 1.87. The van der Waals surface area contributed by atoms with Gasteiger partial charge in [-0.3, -0.25) is 4.79 Å². The van der Waals surface area contributed by atoms with Crippen molar-refractivity contribution in [3.05, 3.63) is 46.0 Å². The van der Waals surface area contributed by atoms with Crippen LogP contribution in [-0.2, 0) is 6.18 Å². The molecule has 0 atom stereocenters. The number of alkyl halides is 3. The monoisotopic (exact) mass is 292 g/mol. The van der Waals surface area contributed by atoms with E-state index in [4.69, 9.17) is 0 Å². The summed E-state index contributed by atoms with van der Waals surface area (Å²) < 4.78 is 37.5. The van der Waals surface area contributed by atoms with E-state index in [2.05, 4.69) is 15.9 Å². The van der Waals surface area contributed by atoms with Crippen molar-refractivity contribution in [1.29, 1.82) is 0 Å². The number of hydrogen-bond donors (Lipinski definition) is 0. The Morgan fingerprint density at radius 3 is 2.50 bits per heavy atom. The number of ketones is 1. The van der Waals surface area contributed by atoms with Gasteiger partial charge >= 0.3 is 6.18 Å². The van der Waals surface area contributed by atoms with Crippen molar-refractivity contribution >= 4 is 21.7 Å². The molecule has 0 N–H and O–H groups in total. The van der Waals surface area contributed by atoms with Crippen LogP contribution >= 0.6 is 15.9 Å². The van der Waals surface area contributed by atoms with Gasteiger partial charge in [0, 0.05) is 10.0 Å². The van der Waals surface area contributed by atoms with Crippen LogP contribution in [0.1, 0.15) is 22.8 Å². The van der Waals surface area contributed by atoms with Crippen LogP contribution in [0.4, 0.5) is 13.2 Å². The molecule has 0 bridgehead atoms. The topological polar surface area (TPSA) is 17.1 Å². The summed E-state index contributed by atoms with van der Waals surface area (Å²) in [6.45, 7) is 1.63. The molecule has 5 heteroatoms. The lowest BCUT2D eigenvalue weighted by atomic mass is 10.1. The van der Waals surface area contributed by atoms with Crippen LogP contribution in [-0.4, -0.2) is 5.78 Å². The predicted octanol–water partition coefficient (Wildman–Crippen LogP) is 4.23. The summed E-state index contributed by atoms with van der Waals surface area (Å²) in [6, 6.07) is 3.41. The van der Waals surface area contributed by atoms with E-state index in [0.717, 1.165) is 6.07 Å². The van der Waals surface area contributed by atoms with E-state index in [0.29, 0.717) is 0 Å². The second kappa shape index (κ2) is 4.82. The average Bonchev–Trinajstić information content (AvgIpc) is 2.16. The van der Waals surface area contributed by atoms with Gasteiger partial charge in [-0.1, -0.05) is 22.0 Å². The van der Waals surface area contributed by atoms with E-state index in [1.807, 2.05) is 0 Å². The van der Waals surface area contributed by atoms with Crippen molar-refractivity contribution in [3.8, 4) is 0 Å². The number of allylic oxidation sites excluding steroid dienone is 2. The second-order valence-corrected chi connectivity index (χ2v) is 3.91. The van der Waals surface area contributed by atoms with E-state index < -0.39 is 17.5 Å². The molecule has 1 aromatic rings. The summed E-state index contributed by atoms with van der Waals surface area (Å²) in [6.07, 6.45) is -1.76. The quantitative estimate of drug-likeness (QED) is 0.589. The Hall–Kier alpha value is -1.10. The fourth-order valence-corrected chi connectivity index (χ4v) is 1.61. The molecule has 0 aliphatic rings. The number of benzene rings is 1. The average molecular weight is 293 g/mol. The zero-order valence-corrected chi connectivity index (χ0v) is 9.89. The molecule has 1 rings (SSSR count). The summed E-state index contributed by atoms with van der Waals surface area (Å²) in [4.78, 5) is 11.4. The minimum Gasteiger partial charge on any atom is -0.289 e. The summed E-state index contributed by atoms with van der Waals surface area (Å²) in [7, 11) is 0. The first-order valence-electron chi connectivity index (χ1n) is 4.40. The van der Waals surface area contributed by atoms with Crippen molar-refractivity contribution < 1.29 is 18.0 Å². The Balaban J connectivity index is 3.23. The third kappa shape index (κ3) is 2.95. The summed E-state index contributed by atoms with van der Waals surface area (Å²) >= 11 is 2.81. The largest absolute Gasteiger partial charge is 0.417 e. The van der Waals surface area contributed by atoms with E-state index in [1.165, 1.54) is 24.3 Å². The molecule has 0 unspecified atom stereocenters. The highest BCUT2D eigenvalue weighted by molar-refractivity contribution is 9.10. The van der Waals surface area contributed by atoms with Gasteiger partial charge < -0.3 is 0 Å². The normalized spacial score (nSPS) is 12.1. The number of halogens is 4. The van der Waals surface area contributed by atoms with Crippen LogP contribution in [0.3, 0.4) is 0 Å². The molecule has 0 radical (unpaired) electrons. The summed E-state index contributed by atoms with van der Waals surface area (Å²) in [5.74, 6) is -0.444. The summed E-state index contributed by atoms with van der Waals surface area (Å²) in [5.41, 5.74) is -0.823. The molecule has 0 heterocycles. The highest BCUT2D eigenvalue weighted by Gasteiger charge is 2.33. The van der Waals surface area contributed by atoms with Gasteiger partial charge in [-0.05, 0) is 31.2 Å². The molecular weight excluding hydrogens is 285 g/mol. The number of carbonyl (C=O) groups excluding carboxylic acids is 1. The third-order valence-corrected chi connectivity index (χ3v) is 2.57. The first kappa shape index (κ1) is 13.0. The number of carbonyl (C=O) groups is 1. The molecule has 0 saturated heterocycles. The van der Waals surface area contributed by atoms with E-state index in [1.54, 1.807) is 6.92 Å². The van der Waals surface area contributed by atoms with E-state index in [9.17, 15) is 18.0 Å². The van der Waals surface area contributed by atoms with Crippen molar-refractivity contribution in [2.75, 3.05) is 0 Å². The Labute approximate surface area is 99.1 Å².